The first-order valence-corrected chi connectivity index (χ1v) is 10.5. The summed E-state index contributed by atoms with van der Waals surface area (Å²) in [5.74, 6) is 1.34. The van der Waals surface area contributed by atoms with Gasteiger partial charge in [-0.3, -0.25) is 0 Å². The van der Waals surface area contributed by atoms with Crippen molar-refractivity contribution in [3.63, 3.8) is 0 Å². The summed E-state index contributed by atoms with van der Waals surface area (Å²) >= 11 is 1.65. The van der Waals surface area contributed by atoms with Gasteiger partial charge in [0.2, 0.25) is 5.72 Å². The van der Waals surface area contributed by atoms with Crippen LogP contribution in [0.2, 0.25) is 0 Å². The van der Waals surface area contributed by atoms with E-state index in [1.165, 1.54) is 0 Å². The van der Waals surface area contributed by atoms with E-state index in [-0.39, 0.29) is 17.0 Å². The van der Waals surface area contributed by atoms with Crippen molar-refractivity contribution in [2.75, 3.05) is 12.9 Å². The molecular weight excluding hydrogens is 460 g/mol. The number of thioether (sulfide) groups is 1. The molecule has 2 heterocycles. The van der Waals surface area contributed by atoms with E-state index < -0.39 is 5.72 Å². The molecular formula is C24H22BrN2O2S+. The third-order valence-corrected chi connectivity index (χ3v) is 6.50. The predicted molar refractivity (Wildman–Crippen MR) is 125 cm³/mol. The Labute approximate surface area is 190 Å². The number of hydrogen-bond acceptors (Lipinski definition) is 3. The number of imidazole rings is 1. The van der Waals surface area contributed by atoms with Gasteiger partial charge in [0.05, 0.1) is 12.9 Å². The Bertz CT molecular complexity index is 1160. The van der Waals surface area contributed by atoms with Crippen LogP contribution in [0.15, 0.2) is 96.3 Å². The first kappa shape index (κ1) is 20.7. The Morgan fingerprint density at radius 2 is 1.57 bits per heavy atom. The molecule has 0 saturated heterocycles. The number of halogens is 1. The molecule has 1 unspecified atom stereocenters. The van der Waals surface area contributed by atoms with Gasteiger partial charge in [-0.1, -0.05) is 72.8 Å². The molecule has 0 saturated carbocycles. The normalized spacial score (nSPS) is 17.3. The van der Waals surface area contributed by atoms with Gasteiger partial charge in [0.25, 0.3) is 0 Å². The maximum absolute atomic E-state index is 11.8. The molecule has 0 aliphatic carbocycles. The number of hydrogen-bond donors (Lipinski definition) is 1. The minimum atomic E-state index is -1.13. The van der Waals surface area contributed by atoms with Gasteiger partial charge in [0.1, 0.15) is 6.20 Å². The van der Waals surface area contributed by atoms with E-state index in [0.717, 1.165) is 33.4 Å². The van der Waals surface area contributed by atoms with E-state index in [9.17, 15) is 5.11 Å². The van der Waals surface area contributed by atoms with Crippen LogP contribution in [0, 0.1) is 0 Å². The first-order chi connectivity index (χ1) is 14.2. The fourth-order valence-corrected chi connectivity index (χ4v) is 5.19. The fraction of sp³-hybridized carbons (Fsp3) is 0.125. The number of aromatic nitrogens is 2. The molecule has 1 N–H and O–H groups in total. The molecule has 3 aromatic carbocycles. The first-order valence-electron chi connectivity index (χ1n) is 9.50. The Morgan fingerprint density at radius 1 is 0.933 bits per heavy atom. The molecule has 152 valence electrons. The van der Waals surface area contributed by atoms with E-state index in [2.05, 4.69) is 27.5 Å². The summed E-state index contributed by atoms with van der Waals surface area (Å²) in [7, 11) is 1.68. The summed E-state index contributed by atoms with van der Waals surface area (Å²) in [5.41, 5.74) is 2.72. The summed E-state index contributed by atoms with van der Waals surface area (Å²) in [4.78, 5) is 0. The van der Waals surface area contributed by atoms with E-state index in [1.807, 2.05) is 72.8 Å². The maximum Gasteiger partial charge on any atom is 0.326 e. The van der Waals surface area contributed by atoms with Gasteiger partial charge in [0, 0.05) is 11.1 Å². The van der Waals surface area contributed by atoms with Crippen molar-refractivity contribution in [3.05, 3.63) is 96.7 Å². The van der Waals surface area contributed by atoms with Crippen molar-refractivity contribution >= 4 is 28.7 Å². The van der Waals surface area contributed by atoms with Crippen LogP contribution in [0.1, 0.15) is 5.56 Å². The Kier molecular flexibility index (Phi) is 5.73. The summed E-state index contributed by atoms with van der Waals surface area (Å²) in [5, 5.41) is 12.8. The maximum atomic E-state index is 11.8. The highest BCUT2D eigenvalue weighted by atomic mass is 79.9. The molecule has 6 heteroatoms. The van der Waals surface area contributed by atoms with Gasteiger partial charge in [-0.15, -0.1) is 17.0 Å². The zero-order valence-electron chi connectivity index (χ0n) is 16.4. The van der Waals surface area contributed by atoms with Crippen molar-refractivity contribution in [2.24, 2.45) is 0 Å². The second-order valence-electron chi connectivity index (χ2n) is 7.01. The molecule has 1 aliphatic rings. The number of methoxy groups -OCH3 is 1. The molecule has 0 bridgehead atoms. The lowest BCUT2D eigenvalue weighted by molar-refractivity contribution is -0.637. The average Bonchev–Trinajstić information content (AvgIpc) is 3.34. The van der Waals surface area contributed by atoms with Crippen LogP contribution in [0.4, 0.5) is 0 Å². The third kappa shape index (κ3) is 3.25. The highest BCUT2D eigenvalue weighted by Gasteiger charge is 2.50. The molecule has 1 aliphatic heterocycles. The lowest BCUT2D eigenvalue weighted by Gasteiger charge is -2.21. The van der Waals surface area contributed by atoms with E-state index in [1.54, 1.807) is 18.9 Å². The van der Waals surface area contributed by atoms with Crippen LogP contribution in [-0.4, -0.2) is 22.5 Å². The zero-order chi connectivity index (χ0) is 19.8. The van der Waals surface area contributed by atoms with Crippen LogP contribution in [0.5, 0.6) is 5.75 Å². The largest absolute Gasteiger partial charge is 0.492 e. The number of ether oxygens (including phenoxy) is 1. The molecule has 1 aromatic heterocycles. The summed E-state index contributed by atoms with van der Waals surface area (Å²) < 4.78 is 9.78. The number of para-hydroxylation sites is 2. The summed E-state index contributed by atoms with van der Waals surface area (Å²) in [6.07, 6.45) is 2.09. The molecule has 4 nitrogen and oxygen atoms in total. The van der Waals surface area contributed by atoms with E-state index >= 15 is 0 Å². The molecule has 5 rings (SSSR count). The van der Waals surface area contributed by atoms with Crippen LogP contribution < -0.4 is 9.30 Å². The van der Waals surface area contributed by atoms with E-state index in [4.69, 9.17) is 4.74 Å². The molecule has 1 atom stereocenters. The highest BCUT2D eigenvalue weighted by molar-refractivity contribution is 8.93. The molecule has 0 amide bonds. The fourth-order valence-electron chi connectivity index (χ4n) is 3.90. The summed E-state index contributed by atoms with van der Waals surface area (Å²) in [6.45, 7) is 0. The van der Waals surface area contributed by atoms with Gasteiger partial charge in [-0.25, -0.2) is 0 Å². The second kappa shape index (κ2) is 8.30. The quantitative estimate of drug-likeness (QED) is 0.424. The minimum Gasteiger partial charge on any atom is -0.492 e. The zero-order valence-corrected chi connectivity index (χ0v) is 19.0. The molecule has 0 fully saturated rings. The minimum absolute atomic E-state index is 0. The standard InChI is InChI=1S/C24H21N2O2S.BrH/c1-28-22-15-9-8-14-20(22)25-16-21(18-10-4-2-5-11-18)26-23(25)29-17-24(26,27)19-12-6-3-7-13-19;/h2-16,27H,17H2,1H3;1H/q+1;. The van der Waals surface area contributed by atoms with Crippen molar-refractivity contribution in [1.29, 1.82) is 0 Å². The Hall–Kier alpha value is -2.54. The van der Waals surface area contributed by atoms with Crippen molar-refractivity contribution in [3.8, 4) is 22.7 Å². The Balaban J connectivity index is 0.00000218. The van der Waals surface area contributed by atoms with Crippen LogP contribution in [0.3, 0.4) is 0 Å². The van der Waals surface area contributed by atoms with Crippen molar-refractivity contribution < 1.29 is 14.4 Å². The SMILES string of the molecule is Br.COc1ccccc1-[n+]1cc(-c2ccccc2)n2c1SCC2(O)c1ccccc1. The lowest BCUT2D eigenvalue weighted by atomic mass is 10.0. The Morgan fingerprint density at radius 3 is 2.27 bits per heavy atom. The molecule has 0 spiro atoms. The van der Waals surface area contributed by atoms with Crippen molar-refractivity contribution in [2.45, 2.75) is 10.9 Å². The number of rotatable bonds is 4. The van der Waals surface area contributed by atoms with Crippen molar-refractivity contribution in [1.82, 2.24) is 4.57 Å². The lowest BCUT2D eigenvalue weighted by Crippen LogP contribution is -2.35. The van der Waals surface area contributed by atoms with Gasteiger partial charge in [0.15, 0.2) is 17.1 Å². The summed E-state index contributed by atoms with van der Waals surface area (Å²) in [6, 6.07) is 28.0. The molecule has 0 radical (unpaired) electrons. The molecule has 4 aromatic rings. The smallest absolute Gasteiger partial charge is 0.326 e. The average molecular weight is 482 g/mol. The molecule has 30 heavy (non-hydrogen) atoms. The van der Waals surface area contributed by atoms with Gasteiger partial charge in [-0.05, 0) is 23.9 Å². The number of benzene rings is 3. The second-order valence-corrected chi connectivity index (χ2v) is 7.95. The monoisotopic (exact) mass is 481 g/mol. The number of nitrogens with zero attached hydrogens (tertiary/aromatic N) is 2. The predicted octanol–water partition coefficient (Wildman–Crippen LogP) is 4.82. The van der Waals surface area contributed by atoms with Crippen LogP contribution in [-0.2, 0) is 5.72 Å². The third-order valence-electron chi connectivity index (χ3n) is 5.31. The highest BCUT2D eigenvalue weighted by Crippen LogP contribution is 2.43. The van der Waals surface area contributed by atoms with Gasteiger partial charge in [-0.2, -0.15) is 9.13 Å². The van der Waals surface area contributed by atoms with Crippen LogP contribution >= 0.6 is 28.7 Å². The van der Waals surface area contributed by atoms with Gasteiger partial charge < -0.3 is 9.84 Å². The van der Waals surface area contributed by atoms with Crippen LogP contribution in [0.25, 0.3) is 16.9 Å². The topological polar surface area (TPSA) is 38.3 Å². The van der Waals surface area contributed by atoms with Gasteiger partial charge >= 0.3 is 5.16 Å². The number of aliphatic hydroxyl groups is 1. The number of fused-ring (bicyclic) bond motifs is 1. The van der Waals surface area contributed by atoms with E-state index in [0.29, 0.717) is 5.75 Å².